The fourth-order valence-electron chi connectivity index (χ4n) is 3.94. The Morgan fingerprint density at radius 3 is 2.48 bits per heavy atom. The van der Waals surface area contributed by atoms with Crippen LogP contribution in [-0.4, -0.2) is 70.5 Å². The molecule has 0 unspecified atom stereocenters. The number of amides is 1. The number of carbonyl (C=O) groups excluding carboxylic acids is 1. The summed E-state index contributed by atoms with van der Waals surface area (Å²) in [7, 11) is 1.88. The van der Waals surface area contributed by atoms with Gasteiger partial charge in [0.1, 0.15) is 0 Å². The molecule has 0 spiro atoms. The zero-order chi connectivity index (χ0) is 20.1. The molecule has 2 aliphatic heterocycles. The van der Waals surface area contributed by atoms with Gasteiger partial charge in [-0.2, -0.15) is 11.8 Å². The fraction of sp³-hybridized carbons (Fsp3) is 0.524. The first-order valence-electron chi connectivity index (χ1n) is 10.2. The van der Waals surface area contributed by atoms with Crippen molar-refractivity contribution in [3.05, 3.63) is 42.5 Å². The maximum atomic E-state index is 12.8. The van der Waals surface area contributed by atoms with Crippen molar-refractivity contribution >= 4 is 29.3 Å². The van der Waals surface area contributed by atoms with Gasteiger partial charge in [0.15, 0.2) is 0 Å². The number of thioether (sulfide) groups is 1. The second-order valence-electron chi connectivity index (χ2n) is 7.66. The number of nitrogens with zero attached hydrogens (tertiary/aromatic N) is 6. The summed E-state index contributed by atoms with van der Waals surface area (Å²) in [6.07, 6.45) is 9.16. The normalized spacial score (nSPS) is 18.0. The van der Waals surface area contributed by atoms with E-state index < -0.39 is 0 Å². The highest BCUT2D eigenvalue weighted by Crippen LogP contribution is 2.25. The molecule has 0 N–H and O–H groups in total. The molecule has 4 rings (SSSR count). The van der Waals surface area contributed by atoms with E-state index in [4.69, 9.17) is 0 Å². The summed E-state index contributed by atoms with van der Waals surface area (Å²) in [5, 5.41) is 0. The summed E-state index contributed by atoms with van der Waals surface area (Å²) in [4.78, 5) is 32.5. The summed E-state index contributed by atoms with van der Waals surface area (Å²) in [5.41, 5.74) is 2.11. The van der Waals surface area contributed by atoms with Gasteiger partial charge in [-0.15, -0.1) is 0 Å². The van der Waals surface area contributed by atoms with Gasteiger partial charge in [0.05, 0.1) is 18.1 Å². The Kier molecular flexibility index (Phi) is 6.49. The highest BCUT2D eigenvalue weighted by atomic mass is 32.2. The maximum absolute atomic E-state index is 12.8. The van der Waals surface area contributed by atoms with E-state index in [1.165, 1.54) is 0 Å². The van der Waals surface area contributed by atoms with E-state index in [-0.39, 0.29) is 11.8 Å². The molecule has 2 aromatic rings. The van der Waals surface area contributed by atoms with Gasteiger partial charge in [0, 0.05) is 69.6 Å². The minimum atomic E-state index is 0.0824. The first kappa shape index (κ1) is 19.9. The van der Waals surface area contributed by atoms with Gasteiger partial charge in [-0.25, -0.2) is 9.97 Å². The van der Waals surface area contributed by atoms with Gasteiger partial charge in [-0.3, -0.25) is 9.78 Å². The lowest BCUT2D eigenvalue weighted by molar-refractivity contribution is -0.135. The quantitative estimate of drug-likeness (QED) is 0.747. The lowest BCUT2D eigenvalue weighted by Crippen LogP contribution is -2.41. The molecule has 0 aromatic carbocycles. The number of anilines is 2. The largest absolute Gasteiger partial charge is 0.369 e. The van der Waals surface area contributed by atoms with Gasteiger partial charge in [0.2, 0.25) is 11.9 Å². The molecule has 0 aliphatic carbocycles. The number of hydrogen-bond donors (Lipinski definition) is 0. The van der Waals surface area contributed by atoms with E-state index in [0.29, 0.717) is 6.54 Å². The number of pyridine rings is 1. The van der Waals surface area contributed by atoms with Crippen LogP contribution < -0.4 is 9.80 Å². The van der Waals surface area contributed by atoms with E-state index in [1.807, 2.05) is 54.4 Å². The molecule has 2 fully saturated rings. The van der Waals surface area contributed by atoms with Crippen LogP contribution in [0.25, 0.3) is 0 Å². The van der Waals surface area contributed by atoms with E-state index in [9.17, 15) is 4.79 Å². The lowest BCUT2D eigenvalue weighted by atomic mass is 9.95. The van der Waals surface area contributed by atoms with Crippen LogP contribution in [0.4, 0.5) is 11.6 Å². The molecule has 0 radical (unpaired) electrons. The molecule has 2 saturated heterocycles. The minimum Gasteiger partial charge on any atom is -0.369 e. The number of hydrogen-bond acceptors (Lipinski definition) is 7. The first-order valence-corrected chi connectivity index (χ1v) is 11.4. The molecule has 2 aromatic heterocycles. The Balaban J connectivity index is 1.29. The zero-order valence-electron chi connectivity index (χ0n) is 16.9. The standard InChI is InChI=1S/C21H28N6OS/c1-25(16-17-3-2-6-22-13-17)20(28)18-4-7-26(8-5-18)19-14-23-21(24-15-19)27-9-11-29-12-10-27/h2-3,6,13-15,18H,4-5,7-12,16H2,1H3. The van der Waals surface area contributed by atoms with Crippen LogP contribution in [0.5, 0.6) is 0 Å². The molecule has 29 heavy (non-hydrogen) atoms. The maximum Gasteiger partial charge on any atom is 0.225 e. The van der Waals surface area contributed by atoms with Crippen LogP contribution in [0.15, 0.2) is 36.9 Å². The molecule has 0 bridgehead atoms. The summed E-state index contributed by atoms with van der Waals surface area (Å²) >= 11 is 1.98. The molecule has 4 heterocycles. The van der Waals surface area contributed by atoms with Crippen LogP contribution in [0.2, 0.25) is 0 Å². The predicted molar refractivity (Wildman–Crippen MR) is 117 cm³/mol. The number of aromatic nitrogens is 3. The summed E-state index contributed by atoms with van der Waals surface area (Å²) < 4.78 is 0. The third-order valence-electron chi connectivity index (χ3n) is 5.65. The van der Waals surface area contributed by atoms with Gasteiger partial charge in [-0.05, 0) is 24.5 Å². The Morgan fingerprint density at radius 2 is 1.83 bits per heavy atom. The Morgan fingerprint density at radius 1 is 1.10 bits per heavy atom. The number of piperidine rings is 1. The predicted octanol–water partition coefficient (Wildman–Crippen LogP) is 2.30. The van der Waals surface area contributed by atoms with Crippen molar-refractivity contribution in [3.63, 3.8) is 0 Å². The molecule has 0 atom stereocenters. The summed E-state index contributed by atoms with van der Waals surface area (Å²) in [6.45, 7) is 4.37. The van der Waals surface area contributed by atoms with Crippen molar-refractivity contribution < 1.29 is 4.79 Å². The molecular weight excluding hydrogens is 384 g/mol. The van der Waals surface area contributed by atoms with E-state index in [0.717, 1.165) is 67.7 Å². The van der Waals surface area contributed by atoms with Crippen LogP contribution in [0.3, 0.4) is 0 Å². The van der Waals surface area contributed by atoms with Crippen molar-refractivity contribution in [2.45, 2.75) is 19.4 Å². The molecule has 154 valence electrons. The van der Waals surface area contributed by atoms with Crippen LogP contribution in [-0.2, 0) is 11.3 Å². The first-order chi connectivity index (χ1) is 14.2. The van der Waals surface area contributed by atoms with Crippen molar-refractivity contribution in [2.75, 3.05) is 54.5 Å². The Labute approximate surface area is 176 Å². The second kappa shape index (κ2) is 9.43. The Hall–Kier alpha value is -2.35. The Bertz CT molecular complexity index is 789. The molecule has 7 nitrogen and oxygen atoms in total. The number of carbonyl (C=O) groups is 1. The zero-order valence-corrected chi connectivity index (χ0v) is 17.7. The summed E-state index contributed by atoms with van der Waals surface area (Å²) in [6, 6.07) is 3.91. The van der Waals surface area contributed by atoms with Crippen molar-refractivity contribution in [2.24, 2.45) is 5.92 Å². The smallest absolute Gasteiger partial charge is 0.225 e. The third-order valence-corrected chi connectivity index (χ3v) is 6.59. The van der Waals surface area contributed by atoms with Crippen molar-refractivity contribution in [1.29, 1.82) is 0 Å². The van der Waals surface area contributed by atoms with E-state index >= 15 is 0 Å². The molecular formula is C21H28N6OS. The number of rotatable bonds is 5. The van der Waals surface area contributed by atoms with E-state index in [2.05, 4.69) is 24.8 Å². The SMILES string of the molecule is CN(Cc1cccnc1)C(=O)C1CCN(c2cnc(N3CCSCC3)nc2)CC1. The van der Waals surface area contributed by atoms with Crippen LogP contribution >= 0.6 is 11.8 Å². The van der Waals surface area contributed by atoms with Gasteiger partial charge < -0.3 is 14.7 Å². The van der Waals surface area contributed by atoms with Crippen LogP contribution in [0, 0.1) is 5.92 Å². The molecule has 0 saturated carbocycles. The highest BCUT2D eigenvalue weighted by molar-refractivity contribution is 7.99. The summed E-state index contributed by atoms with van der Waals surface area (Å²) in [5.74, 6) is 3.42. The molecule has 8 heteroatoms. The second-order valence-corrected chi connectivity index (χ2v) is 8.88. The average Bonchev–Trinajstić information content (AvgIpc) is 2.80. The monoisotopic (exact) mass is 412 g/mol. The fourth-order valence-corrected chi connectivity index (χ4v) is 4.85. The third kappa shape index (κ3) is 4.98. The van der Waals surface area contributed by atoms with E-state index in [1.54, 1.807) is 6.20 Å². The average molecular weight is 413 g/mol. The molecule has 1 amide bonds. The molecule has 2 aliphatic rings. The van der Waals surface area contributed by atoms with Gasteiger partial charge >= 0.3 is 0 Å². The topological polar surface area (TPSA) is 65.5 Å². The van der Waals surface area contributed by atoms with Gasteiger partial charge in [-0.1, -0.05) is 6.07 Å². The van der Waals surface area contributed by atoms with Crippen molar-refractivity contribution in [3.8, 4) is 0 Å². The lowest BCUT2D eigenvalue weighted by Gasteiger charge is -2.34. The van der Waals surface area contributed by atoms with Crippen molar-refractivity contribution in [1.82, 2.24) is 19.9 Å². The van der Waals surface area contributed by atoms with Gasteiger partial charge in [0.25, 0.3) is 0 Å². The highest BCUT2D eigenvalue weighted by Gasteiger charge is 2.27. The minimum absolute atomic E-state index is 0.0824. The van der Waals surface area contributed by atoms with Crippen LogP contribution in [0.1, 0.15) is 18.4 Å².